The third kappa shape index (κ3) is 2.18. The van der Waals surface area contributed by atoms with Crippen molar-refractivity contribution in [2.75, 3.05) is 0 Å². The molecule has 0 unspecified atom stereocenters. The van der Waals surface area contributed by atoms with Gasteiger partial charge >= 0.3 is 0 Å². The smallest absolute Gasteiger partial charge is 0.200 e. The van der Waals surface area contributed by atoms with Crippen LogP contribution in [0.2, 0.25) is 0 Å². The molecule has 2 aliphatic carbocycles. The second-order valence-electron chi connectivity index (χ2n) is 7.46. The molecule has 2 bridgehead atoms. The average molecular weight is 320 g/mol. The van der Waals surface area contributed by atoms with Gasteiger partial charge in [-0.3, -0.25) is 0 Å². The minimum atomic E-state index is -3.58. The molecule has 3 rings (SSSR count). The first-order valence-electron chi connectivity index (χ1n) is 7.82. The number of hydrogen-bond acceptors (Lipinski definition) is 3. The molecule has 1 N–H and O–H groups in total. The molecule has 1 aromatic rings. The van der Waals surface area contributed by atoms with E-state index in [2.05, 4.69) is 30.7 Å². The number of hydrazone groups is 1. The van der Waals surface area contributed by atoms with Gasteiger partial charge < -0.3 is 0 Å². The van der Waals surface area contributed by atoms with Gasteiger partial charge in [0.1, 0.15) is 0 Å². The van der Waals surface area contributed by atoms with Crippen LogP contribution in [0.3, 0.4) is 0 Å². The van der Waals surface area contributed by atoms with Crippen molar-refractivity contribution in [3.63, 3.8) is 0 Å². The molecular formula is C17H24N2O2S. The summed E-state index contributed by atoms with van der Waals surface area (Å²) in [6.45, 7) is 8.71. The van der Waals surface area contributed by atoms with Gasteiger partial charge in [-0.25, -0.2) is 4.83 Å². The summed E-state index contributed by atoms with van der Waals surface area (Å²) in [4.78, 5) is 2.70. The molecule has 22 heavy (non-hydrogen) atoms. The van der Waals surface area contributed by atoms with Crippen molar-refractivity contribution >= 4 is 15.7 Å². The second-order valence-corrected chi connectivity index (χ2v) is 9.12. The lowest BCUT2D eigenvalue weighted by Crippen LogP contribution is -2.34. The highest BCUT2D eigenvalue weighted by Gasteiger charge is 2.60. The Morgan fingerprint density at radius 3 is 2.32 bits per heavy atom. The molecule has 0 aromatic heterocycles. The highest BCUT2D eigenvalue weighted by atomic mass is 32.2. The van der Waals surface area contributed by atoms with Crippen LogP contribution < -0.4 is 4.83 Å². The van der Waals surface area contributed by atoms with Gasteiger partial charge in [0, 0.05) is 11.1 Å². The van der Waals surface area contributed by atoms with Crippen LogP contribution in [0, 0.1) is 23.7 Å². The Balaban J connectivity index is 1.85. The molecule has 2 atom stereocenters. The Bertz CT molecular complexity index is 720. The fourth-order valence-electron chi connectivity index (χ4n) is 3.98. The molecule has 0 heterocycles. The summed E-state index contributed by atoms with van der Waals surface area (Å²) in [5.74, 6) is 0.611. The summed E-state index contributed by atoms with van der Waals surface area (Å²) in [5, 5.41) is 4.32. The van der Waals surface area contributed by atoms with E-state index in [1.165, 1.54) is 6.42 Å². The number of nitrogens with zero attached hydrogens (tertiary/aromatic N) is 1. The Morgan fingerprint density at radius 1 is 1.18 bits per heavy atom. The first kappa shape index (κ1) is 15.5. The quantitative estimate of drug-likeness (QED) is 0.867. The average Bonchev–Trinajstić information content (AvgIpc) is 2.78. The molecule has 0 aliphatic heterocycles. The van der Waals surface area contributed by atoms with Crippen molar-refractivity contribution in [2.45, 2.75) is 51.9 Å². The van der Waals surface area contributed by atoms with Crippen LogP contribution >= 0.6 is 0 Å². The number of sulfonamides is 1. The molecule has 1 aromatic carbocycles. The summed E-state index contributed by atoms with van der Waals surface area (Å²) in [6.07, 6.45) is 3.21. The number of rotatable bonds is 3. The van der Waals surface area contributed by atoms with E-state index in [0.717, 1.165) is 24.1 Å². The van der Waals surface area contributed by atoms with Crippen molar-refractivity contribution < 1.29 is 8.42 Å². The van der Waals surface area contributed by atoms with Crippen molar-refractivity contribution in [3.8, 4) is 0 Å². The summed E-state index contributed by atoms with van der Waals surface area (Å²) >= 11 is 0. The minimum absolute atomic E-state index is 0.00740. The Kier molecular flexibility index (Phi) is 3.40. The van der Waals surface area contributed by atoms with Gasteiger partial charge in [-0.05, 0) is 49.7 Å². The van der Waals surface area contributed by atoms with E-state index in [9.17, 15) is 8.42 Å². The lowest BCUT2D eigenvalue weighted by molar-refractivity contribution is 0.193. The normalized spacial score (nSPS) is 31.6. The van der Waals surface area contributed by atoms with Gasteiger partial charge in [0.25, 0.3) is 10.0 Å². The summed E-state index contributed by atoms with van der Waals surface area (Å²) in [6, 6.07) is 6.82. The highest BCUT2D eigenvalue weighted by molar-refractivity contribution is 7.89. The van der Waals surface area contributed by atoms with Crippen molar-refractivity contribution in [1.82, 2.24) is 4.83 Å². The summed E-state index contributed by atoms with van der Waals surface area (Å²) < 4.78 is 24.7. The predicted octanol–water partition coefficient (Wildman–Crippen LogP) is 3.48. The molecule has 2 saturated carbocycles. The molecule has 0 spiro atoms. The van der Waals surface area contributed by atoms with E-state index in [4.69, 9.17) is 0 Å². The first-order valence-corrected chi connectivity index (χ1v) is 9.31. The van der Waals surface area contributed by atoms with Gasteiger partial charge in [0.2, 0.25) is 0 Å². The maximum Gasteiger partial charge on any atom is 0.276 e. The first-order chi connectivity index (χ1) is 10.2. The molecule has 4 nitrogen and oxygen atoms in total. The van der Waals surface area contributed by atoms with Crippen LogP contribution in [0.5, 0.6) is 0 Å². The maximum atomic E-state index is 12.4. The zero-order valence-electron chi connectivity index (χ0n) is 13.7. The van der Waals surface area contributed by atoms with Crippen LogP contribution in [0.25, 0.3) is 0 Å². The van der Waals surface area contributed by atoms with Gasteiger partial charge in [0.05, 0.1) is 4.90 Å². The van der Waals surface area contributed by atoms with E-state index < -0.39 is 10.0 Å². The zero-order chi connectivity index (χ0) is 16.2. The number of hydrogen-bond donors (Lipinski definition) is 1. The van der Waals surface area contributed by atoms with Crippen LogP contribution in [0.1, 0.15) is 45.6 Å². The molecule has 0 radical (unpaired) electrons. The van der Waals surface area contributed by atoms with Gasteiger partial charge in [-0.1, -0.05) is 38.5 Å². The van der Waals surface area contributed by atoms with E-state index in [-0.39, 0.29) is 15.7 Å². The van der Waals surface area contributed by atoms with Crippen LogP contribution in [0.4, 0.5) is 0 Å². The fourth-order valence-corrected chi connectivity index (χ4v) is 4.81. The Morgan fingerprint density at radius 2 is 1.82 bits per heavy atom. The zero-order valence-corrected chi connectivity index (χ0v) is 14.5. The molecule has 2 aliphatic rings. The Labute approximate surface area is 133 Å². The molecule has 2 fully saturated rings. The molecule has 5 heteroatoms. The Hall–Kier alpha value is -1.36. The third-order valence-electron chi connectivity index (χ3n) is 6.14. The summed E-state index contributed by atoms with van der Waals surface area (Å²) in [7, 11) is -3.58. The van der Waals surface area contributed by atoms with Crippen molar-refractivity contribution in [3.05, 3.63) is 29.8 Å². The van der Waals surface area contributed by atoms with E-state index in [0.29, 0.717) is 5.92 Å². The lowest BCUT2D eigenvalue weighted by Gasteiger charge is -2.34. The number of fused-ring (bicyclic) bond motifs is 2. The largest absolute Gasteiger partial charge is 0.276 e. The molecule has 120 valence electrons. The van der Waals surface area contributed by atoms with E-state index in [1.807, 2.05) is 6.92 Å². The van der Waals surface area contributed by atoms with Gasteiger partial charge in [-0.15, -0.1) is 0 Å². The van der Waals surface area contributed by atoms with Crippen molar-refractivity contribution in [1.29, 1.82) is 0 Å². The number of benzene rings is 1. The molecule has 0 saturated heterocycles. The standard InChI is InChI=1S/C17H24N2O2S/c1-12-5-7-14(8-6-12)22(20,21)19-18-15-11-13-9-10-17(15,4)16(13,2)3/h5-8,13,19H,9-11H2,1-4H3/b18-15-/t13-,17+/m0/s1. The number of aryl methyl sites for hydroxylation is 1. The second kappa shape index (κ2) is 4.82. The van der Waals surface area contributed by atoms with Crippen LogP contribution in [-0.4, -0.2) is 14.1 Å². The van der Waals surface area contributed by atoms with Gasteiger partial charge in [0.15, 0.2) is 0 Å². The van der Waals surface area contributed by atoms with Crippen LogP contribution in [0.15, 0.2) is 34.3 Å². The molecular weight excluding hydrogens is 296 g/mol. The van der Waals surface area contributed by atoms with Gasteiger partial charge in [-0.2, -0.15) is 13.5 Å². The lowest BCUT2D eigenvalue weighted by atomic mass is 9.70. The van der Waals surface area contributed by atoms with E-state index >= 15 is 0 Å². The minimum Gasteiger partial charge on any atom is -0.200 e. The SMILES string of the molecule is Cc1ccc(S(=O)(=O)N/N=C2/C[C@@H]3CC[C@@]2(C)C3(C)C)cc1. The number of nitrogens with one attached hydrogen (secondary N) is 1. The predicted molar refractivity (Wildman–Crippen MR) is 88.2 cm³/mol. The third-order valence-corrected chi connectivity index (χ3v) is 7.37. The maximum absolute atomic E-state index is 12.4. The van der Waals surface area contributed by atoms with E-state index in [1.54, 1.807) is 24.3 Å². The molecule has 0 amide bonds. The fraction of sp³-hybridized carbons (Fsp3) is 0.588. The monoisotopic (exact) mass is 320 g/mol. The highest BCUT2D eigenvalue weighted by Crippen LogP contribution is 2.63. The van der Waals surface area contributed by atoms with Crippen molar-refractivity contribution in [2.24, 2.45) is 21.8 Å². The van der Waals surface area contributed by atoms with Crippen LogP contribution in [-0.2, 0) is 10.0 Å². The topological polar surface area (TPSA) is 58.5 Å². The summed E-state index contributed by atoms with van der Waals surface area (Å²) in [5.41, 5.74) is 2.24.